The maximum Gasteiger partial charge on any atom is 0.261 e. The first kappa shape index (κ1) is 14.9. The highest BCUT2D eigenvalue weighted by Crippen LogP contribution is 2.30. The Hall–Kier alpha value is -3.38. The number of pyridine rings is 1. The summed E-state index contributed by atoms with van der Waals surface area (Å²) < 4.78 is 0. The maximum atomic E-state index is 12.6. The van der Waals surface area contributed by atoms with Crippen LogP contribution in [0.5, 0.6) is 0 Å². The number of thiophene rings is 1. The third-order valence-electron chi connectivity index (χ3n) is 4.54. The zero-order valence-corrected chi connectivity index (χ0v) is 14.4. The van der Waals surface area contributed by atoms with Crippen molar-refractivity contribution in [1.29, 1.82) is 0 Å². The summed E-state index contributed by atoms with van der Waals surface area (Å²) >= 11 is 1.66. The van der Waals surface area contributed by atoms with E-state index in [9.17, 15) is 4.79 Å². The number of nitrogens with zero attached hydrogens (tertiary/aromatic N) is 1. The predicted molar refractivity (Wildman–Crippen MR) is 107 cm³/mol. The molecular formula is C20H14N4OS. The molecule has 2 aromatic carbocycles. The molecule has 26 heavy (non-hydrogen) atoms. The van der Waals surface area contributed by atoms with Gasteiger partial charge in [-0.15, -0.1) is 0 Å². The lowest BCUT2D eigenvalue weighted by atomic mass is 10.1. The quantitative estimate of drug-likeness (QED) is 0.437. The Morgan fingerprint density at radius 3 is 2.69 bits per heavy atom. The molecule has 6 heteroatoms. The lowest BCUT2D eigenvalue weighted by Crippen LogP contribution is -2.13. The molecule has 0 aliphatic carbocycles. The Morgan fingerprint density at radius 2 is 1.85 bits per heavy atom. The molecular weight excluding hydrogens is 344 g/mol. The number of nitrogens with one attached hydrogen (secondary N) is 2. The standard InChI is InChI=1S/C20H14N4OS/c21-18-13-3-1-2-4-14(13)24-20(25)17(18)19-22-15-6-5-11(9-16(15)23-19)12-7-8-26-10-12/h1-10H,(H,22,23)(H3,21,24,25). The molecule has 0 atom stereocenters. The molecule has 5 nitrogen and oxygen atoms in total. The molecule has 0 saturated heterocycles. The summed E-state index contributed by atoms with van der Waals surface area (Å²) in [5, 5.41) is 4.96. The van der Waals surface area contributed by atoms with Crippen molar-refractivity contribution in [3.05, 3.63) is 69.6 Å². The first-order valence-electron chi connectivity index (χ1n) is 8.14. The van der Waals surface area contributed by atoms with E-state index in [1.807, 2.05) is 47.8 Å². The van der Waals surface area contributed by atoms with Crippen LogP contribution in [0.4, 0.5) is 5.69 Å². The van der Waals surface area contributed by atoms with E-state index in [1.165, 1.54) is 0 Å². The van der Waals surface area contributed by atoms with Gasteiger partial charge in [0.1, 0.15) is 11.4 Å². The number of aromatic nitrogens is 3. The normalized spacial score (nSPS) is 11.4. The fraction of sp³-hybridized carbons (Fsp3) is 0. The number of H-pyrrole nitrogens is 2. The van der Waals surface area contributed by atoms with Crippen LogP contribution in [0.2, 0.25) is 0 Å². The van der Waals surface area contributed by atoms with Crippen molar-refractivity contribution in [3.63, 3.8) is 0 Å². The van der Waals surface area contributed by atoms with Crippen molar-refractivity contribution >= 4 is 39.0 Å². The summed E-state index contributed by atoms with van der Waals surface area (Å²) in [7, 11) is 0. The SMILES string of the molecule is Nc1c(-c2nc3ccc(-c4ccsc4)cc3[nH]2)c(=O)[nH]c2ccccc12. The lowest BCUT2D eigenvalue weighted by Gasteiger charge is -2.06. The van der Waals surface area contributed by atoms with Gasteiger partial charge < -0.3 is 15.7 Å². The molecule has 0 radical (unpaired) electrons. The van der Waals surface area contributed by atoms with Crippen LogP contribution in [0.3, 0.4) is 0 Å². The number of imidazole rings is 1. The number of anilines is 1. The van der Waals surface area contributed by atoms with Gasteiger partial charge in [-0.05, 0) is 46.2 Å². The smallest absolute Gasteiger partial charge is 0.261 e. The fourth-order valence-corrected chi connectivity index (χ4v) is 3.91. The van der Waals surface area contributed by atoms with Crippen molar-refractivity contribution in [3.8, 4) is 22.5 Å². The maximum absolute atomic E-state index is 12.6. The number of hydrogen-bond acceptors (Lipinski definition) is 4. The van der Waals surface area contributed by atoms with E-state index in [1.54, 1.807) is 11.3 Å². The number of para-hydroxylation sites is 1. The number of nitrogen functional groups attached to an aromatic ring is 1. The number of hydrogen-bond donors (Lipinski definition) is 3. The molecule has 3 heterocycles. The Bertz CT molecular complexity index is 1320. The molecule has 126 valence electrons. The minimum atomic E-state index is -0.252. The summed E-state index contributed by atoms with van der Waals surface area (Å²) in [5.74, 6) is 0.479. The first-order valence-corrected chi connectivity index (χ1v) is 9.08. The molecule has 0 amide bonds. The van der Waals surface area contributed by atoms with E-state index in [-0.39, 0.29) is 5.56 Å². The van der Waals surface area contributed by atoms with Crippen molar-refractivity contribution < 1.29 is 0 Å². The predicted octanol–water partition coefficient (Wildman–Crippen LogP) is 4.38. The first-order chi connectivity index (χ1) is 12.7. The van der Waals surface area contributed by atoms with Crippen molar-refractivity contribution in [1.82, 2.24) is 15.0 Å². The molecule has 0 unspecified atom stereocenters. The molecule has 0 aliphatic heterocycles. The Labute approximate surface area is 152 Å². The second-order valence-corrected chi connectivity index (χ2v) is 6.90. The van der Waals surface area contributed by atoms with Gasteiger partial charge in [-0.2, -0.15) is 11.3 Å². The van der Waals surface area contributed by atoms with Crippen molar-refractivity contribution in [2.45, 2.75) is 0 Å². The average molecular weight is 358 g/mol. The molecule has 5 rings (SSSR count). The highest BCUT2D eigenvalue weighted by atomic mass is 32.1. The monoisotopic (exact) mass is 358 g/mol. The van der Waals surface area contributed by atoms with Gasteiger partial charge >= 0.3 is 0 Å². The van der Waals surface area contributed by atoms with Crippen LogP contribution < -0.4 is 11.3 Å². The molecule has 0 aliphatic rings. The van der Waals surface area contributed by atoms with Crippen LogP contribution in [0, 0.1) is 0 Å². The van der Waals surface area contributed by atoms with Gasteiger partial charge in [-0.3, -0.25) is 4.79 Å². The van der Waals surface area contributed by atoms with E-state index in [2.05, 4.69) is 26.4 Å². The second kappa shape index (κ2) is 5.57. The van der Waals surface area contributed by atoms with Crippen molar-refractivity contribution in [2.24, 2.45) is 0 Å². The van der Waals surface area contributed by atoms with E-state index >= 15 is 0 Å². The van der Waals surface area contributed by atoms with Gasteiger partial charge in [-0.1, -0.05) is 24.3 Å². The van der Waals surface area contributed by atoms with Gasteiger partial charge in [-0.25, -0.2) is 4.98 Å². The van der Waals surface area contributed by atoms with Gasteiger partial charge in [0.15, 0.2) is 0 Å². The number of aromatic amines is 2. The van der Waals surface area contributed by atoms with Crippen LogP contribution >= 0.6 is 11.3 Å². The summed E-state index contributed by atoms with van der Waals surface area (Å²) in [6.45, 7) is 0. The lowest BCUT2D eigenvalue weighted by molar-refractivity contribution is 1.25. The van der Waals surface area contributed by atoms with E-state index in [0.717, 1.165) is 33.1 Å². The Kier molecular flexibility index (Phi) is 3.20. The number of rotatable bonds is 2. The van der Waals surface area contributed by atoms with Crippen LogP contribution in [-0.2, 0) is 0 Å². The highest BCUT2D eigenvalue weighted by Gasteiger charge is 2.16. The van der Waals surface area contributed by atoms with E-state index < -0.39 is 0 Å². The number of fused-ring (bicyclic) bond motifs is 2. The summed E-state index contributed by atoms with van der Waals surface area (Å²) in [6, 6.07) is 15.6. The highest BCUT2D eigenvalue weighted by molar-refractivity contribution is 7.08. The Balaban J connectivity index is 1.72. The zero-order chi connectivity index (χ0) is 17.7. The Morgan fingerprint density at radius 1 is 0.962 bits per heavy atom. The minimum Gasteiger partial charge on any atom is -0.397 e. The molecule has 5 aromatic rings. The molecule has 0 bridgehead atoms. The summed E-state index contributed by atoms with van der Waals surface area (Å²) in [6.07, 6.45) is 0. The third kappa shape index (κ3) is 2.23. The number of benzene rings is 2. The van der Waals surface area contributed by atoms with E-state index in [4.69, 9.17) is 5.73 Å². The molecule has 3 aromatic heterocycles. The molecule has 4 N–H and O–H groups in total. The van der Waals surface area contributed by atoms with E-state index in [0.29, 0.717) is 17.1 Å². The molecule has 0 spiro atoms. The van der Waals surface area contributed by atoms with Gasteiger partial charge in [0.05, 0.1) is 22.2 Å². The second-order valence-electron chi connectivity index (χ2n) is 6.12. The molecule has 0 saturated carbocycles. The van der Waals surface area contributed by atoms with Crippen molar-refractivity contribution in [2.75, 3.05) is 5.73 Å². The average Bonchev–Trinajstić information content (AvgIpc) is 3.31. The van der Waals surface area contributed by atoms with Crippen LogP contribution in [0.15, 0.2) is 64.1 Å². The van der Waals surface area contributed by atoms with Crippen LogP contribution in [0.1, 0.15) is 0 Å². The summed E-state index contributed by atoms with van der Waals surface area (Å²) in [5.41, 5.74) is 11.5. The van der Waals surface area contributed by atoms with Gasteiger partial charge in [0.25, 0.3) is 5.56 Å². The number of nitrogens with two attached hydrogens (primary N) is 1. The largest absolute Gasteiger partial charge is 0.397 e. The van der Waals surface area contributed by atoms with Crippen LogP contribution in [0.25, 0.3) is 44.5 Å². The van der Waals surface area contributed by atoms with Crippen LogP contribution in [-0.4, -0.2) is 15.0 Å². The zero-order valence-electron chi connectivity index (χ0n) is 13.6. The minimum absolute atomic E-state index is 0.252. The topological polar surface area (TPSA) is 87.6 Å². The van der Waals surface area contributed by atoms with Gasteiger partial charge in [0.2, 0.25) is 0 Å². The third-order valence-corrected chi connectivity index (χ3v) is 5.22. The fourth-order valence-electron chi connectivity index (χ4n) is 3.24. The van der Waals surface area contributed by atoms with Gasteiger partial charge in [0, 0.05) is 5.39 Å². The summed E-state index contributed by atoms with van der Waals surface area (Å²) in [4.78, 5) is 23.3. The molecule has 0 fully saturated rings.